The number of benzene rings is 2. The van der Waals surface area contributed by atoms with Crippen molar-refractivity contribution in [1.82, 2.24) is 10.1 Å². The number of halogens is 2. The molecule has 1 N–H and O–H groups in total. The second-order valence-electron chi connectivity index (χ2n) is 7.16. The molecule has 4 aromatic rings. The molecule has 0 aliphatic heterocycles. The zero-order valence-corrected chi connectivity index (χ0v) is 16.9. The zero-order chi connectivity index (χ0) is 22.0. The fraction of sp³-hybridized carbons (Fsp3) is 0.125. The van der Waals surface area contributed by atoms with Gasteiger partial charge in [0.25, 0.3) is 0 Å². The van der Waals surface area contributed by atoms with Crippen LogP contribution in [0.1, 0.15) is 24.0 Å². The molecular formula is C24H19F2N3O2. The topological polar surface area (TPSA) is 68.0 Å². The first kappa shape index (κ1) is 20.4. The van der Waals surface area contributed by atoms with E-state index in [1.165, 1.54) is 6.07 Å². The summed E-state index contributed by atoms with van der Waals surface area (Å²) in [6.07, 6.45) is 3.13. The predicted molar refractivity (Wildman–Crippen MR) is 113 cm³/mol. The highest BCUT2D eigenvalue weighted by Crippen LogP contribution is 2.39. The van der Waals surface area contributed by atoms with Gasteiger partial charge in [0.1, 0.15) is 17.3 Å². The van der Waals surface area contributed by atoms with Gasteiger partial charge < -0.3 is 4.52 Å². The molecule has 2 heterocycles. The molecular weight excluding hydrogens is 400 g/mol. The first-order valence-corrected chi connectivity index (χ1v) is 9.67. The van der Waals surface area contributed by atoms with Crippen molar-refractivity contribution in [2.24, 2.45) is 0 Å². The van der Waals surface area contributed by atoms with Crippen LogP contribution in [0.15, 0.2) is 71.5 Å². The van der Waals surface area contributed by atoms with E-state index in [2.05, 4.69) is 15.5 Å². The summed E-state index contributed by atoms with van der Waals surface area (Å²) < 4.78 is 33.3. The number of aryl methyl sites for hydroxylation is 1. The maximum absolute atomic E-state index is 14.5. The molecule has 7 heteroatoms. The molecule has 5 nitrogen and oxygen atoms in total. The average Bonchev–Trinajstić information content (AvgIpc) is 3.17. The van der Waals surface area contributed by atoms with Crippen molar-refractivity contribution < 1.29 is 18.1 Å². The number of anilines is 1. The highest BCUT2D eigenvalue weighted by molar-refractivity contribution is 6.00. The molecule has 0 aliphatic carbocycles. The Balaban J connectivity index is 1.76. The van der Waals surface area contributed by atoms with E-state index >= 15 is 0 Å². The molecule has 1 atom stereocenters. The summed E-state index contributed by atoms with van der Waals surface area (Å²) in [7, 11) is 0. The molecule has 0 radical (unpaired) electrons. The molecule has 0 spiro atoms. The minimum atomic E-state index is -0.783. The van der Waals surface area contributed by atoms with E-state index < -0.39 is 17.6 Å². The van der Waals surface area contributed by atoms with Crippen LogP contribution < -0.4 is 5.32 Å². The third-order valence-electron chi connectivity index (χ3n) is 5.13. The van der Waals surface area contributed by atoms with E-state index in [1.54, 1.807) is 31.5 Å². The summed E-state index contributed by atoms with van der Waals surface area (Å²) in [6.45, 7) is 3.73. The number of rotatable bonds is 5. The van der Waals surface area contributed by atoms with Crippen molar-refractivity contribution in [2.45, 2.75) is 19.8 Å². The van der Waals surface area contributed by atoms with Gasteiger partial charge in [-0.1, -0.05) is 29.4 Å². The Morgan fingerprint density at radius 2 is 1.81 bits per heavy atom. The van der Waals surface area contributed by atoms with Gasteiger partial charge in [0.05, 0.1) is 11.5 Å². The van der Waals surface area contributed by atoms with E-state index in [0.717, 1.165) is 23.3 Å². The lowest BCUT2D eigenvalue weighted by Crippen LogP contribution is -2.19. The summed E-state index contributed by atoms with van der Waals surface area (Å²) in [5.74, 6) is -2.16. The quantitative estimate of drug-likeness (QED) is 0.448. The average molecular weight is 419 g/mol. The highest BCUT2D eigenvalue weighted by Gasteiger charge is 2.25. The number of pyridine rings is 1. The first-order chi connectivity index (χ1) is 15.0. The Morgan fingerprint density at radius 3 is 2.52 bits per heavy atom. The van der Waals surface area contributed by atoms with Crippen LogP contribution in [0.5, 0.6) is 0 Å². The second-order valence-corrected chi connectivity index (χ2v) is 7.16. The highest BCUT2D eigenvalue weighted by atomic mass is 19.1. The Bertz CT molecular complexity index is 1240. The maximum Gasteiger partial charge on any atom is 0.239 e. The minimum Gasteiger partial charge on any atom is -0.337 e. The van der Waals surface area contributed by atoms with Gasteiger partial charge in [-0.25, -0.2) is 8.78 Å². The van der Waals surface area contributed by atoms with Crippen LogP contribution >= 0.6 is 0 Å². The molecule has 0 bridgehead atoms. The smallest absolute Gasteiger partial charge is 0.239 e. The minimum absolute atomic E-state index is 0.0596. The Morgan fingerprint density at radius 1 is 1.06 bits per heavy atom. The van der Waals surface area contributed by atoms with E-state index in [-0.39, 0.29) is 23.0 Å². The molecule has 1 amide bonds. The van der Waals surface area contributed by atoms with Crippen LogP contribution in [-0.4, -0.2) is 16.0 Å². The van der Waals surface area contributed by atoms with E-state index in [4.69, 9.17) is 4.52 Å². The van der Waals surface area contributed by atoms with Crippen molar-refractivity contribution in [3.8, 4) is 22.4 Å². The number of hydrogen-bond acceptors (Lipinski definition) is 4. The fourth-order valence-electron chi connectivity index (χ4n) is 3.46. The van der Waals surface area contributed by atoms with Gasteiger partial charge in [-0.15, -0.1) is 0 Å². The third kappa shape index (κ3) is 4.07. The monoisotopic (exact) mass is 419 g/mol. The number of carbonyl (C=O) groups is 1. The summed E-state index contributed by atoms with van der Waals surface area (Å²) >= 11 is 0. The van der Waals surface area contributed by atoms with Crippen molar-refractivity contribution in [1.29, 1.82) is 0 Å². The van der Waals surface area contributed by atoms with Crippen molar-refractivity contribution in [3.05, 3.63) is 89.8 Å². The number of nitrogens with zero attached hydrogens (tertiary/aromatic N) is 2. The number of carbonyl (C=O) groups excluding carboxylic acids is 1. The molecule has 0 aliphatic rings. The molecule has 1 unspecified atom stereocenters. The van der Waals surface area contributed by atoms with Gasteiger partial charge in [-0.2, -0.15) is 0 Å². The molecule has 0 fully saturated rings. The van der Waals surface area contributed by atoms with Gasteiger partial charge in [0, 0.05) is 24.0 Å². The molecule has 0 saturated carbocycles. The van der Waals surface area contributed by atoms with Gasteiger partial charge >= 0.3 is 0 Å². The number of nitrogens with one attached hydrogen (secondary N) is 1. The standard InChI is InChI=1S/C24H19F2N3O2/c1-14-5-3-4-6-18(14)15(2)23(30)28-24-21(16-9-11-27-12-10-16)22(29-31-24)19-8-7-17(25)13-20(19)26/h3-13,15H,1-2H3,(H,28,30). The number of amides is 1. The maximum atomic E-state index is 14.5. The normalized spacial score (nSPS) is 11.9. The SMILES string of the molecule is Cc1ccccc1C(C)C(=O)Nc1onc(-c2ccc(F)cc2F)c1-c1ccncc1. The number of aromatic nitrogens is 2. The lowest BCUT2D eigenvalue weighted by atomic mass is 9.95. The predicted octanol–water partition coefficient (Wildman–Crippen LogP) is 5.73. The fourth-order valence-corrected chi connectivity index (χ4v) is 3.46. The van der Waals surface area contributed by atoms with Gasteiger partial charge in [0.2, 0.25) is 11.8 Å². The van der Waals surface area contributed by atoms with Crippen molar-refractivity contribution >= 4 is 11.8 Å². The van der Waals surface area contributed by atoms with Crippen LogP contribution in [0.25, 0.3) is 22.4 Å². The Labute approximate surface area is 177 Å². The van der Waals surface area contributed by atoms with Crippen LogP contribution in [0, 0.1) is 18.6 Å². The van der Waals surface area contributed by atoms with E-state index in [0.29, 0.717) is 11.1 Å². The lowest BCUT2D eigenvalue weighted by molar-refractivity contribution is -0.117. The van der Waals surface area contributed by atoms with Gasteiger partial charge in [0.15, 0.2) is 0 Å². The van der Waals surface area contributed by atoms with E-state index in [1.807, 2.05) is 31.2 Å². The molecule has 2 aromatic carbocycles. The van der Waals surface area contributed by atoms with Crippen LogP contribution in [0.4, 0.5) is 14.7 Å². The second kappa shape index (κ2) is 8.47. The van der Waals surface area contributed by atoms with Crippen LogP contribution in [-0.2, 0) is 4.79 Å². The molecule has 0 saturated heterocycles. The van der Waals surface area contributed by atoms with Gasteiger partial charge in [-0.05, 0) is 54.8 Å². The molecule has 4 rings (SSSR count). The summed E-state index contributed by atoms with van der Waals surface area (Å²) in [6, 6.07) is 14.2. The largest absolute Gasteiger partial charge is 0.337 e. The Hall–Kier alpha value is -3.87. The summed E-state index contributed by atoms with van der Waals surface area (Å²) in [4.78, 5) is 17.0. The van der Waals surface area contributed by atoms with Crippen LogP contribution in [0.2, 0.25) is 0 Å². The Kier molecular flexibility index (Phi) is 5.58. The van der Waals surface area contributed by atoms with Crippen molar-refractivity contribution in [3.63, 3.8) is 0 Å². The molecule has 31 heavy (non-hydrogen) atoms. The summed E-state index contributed by atoms with van der Waals surface area (Å²) in [5, 5.41) is 6.75. The van der Waals surface area contributed by atoms with Gasteiger partial charge in [-0.3, -0.25) is 15.1 Å². The van der Waals surface area contributed by atoms with Crippen molar-refractivity contribution in [2.75, 3.05) is 5.32 Å². The molecule has 2 aromatic heterocycles. The third-order valence-corrected chi connectivity index (χ3v) is 5.13. The zero-order valence-electron chi connectivity index (χ0n) is 16.9. The molecule has 156 valence electrons. The van der Waals surface area contributed by atoms with Crippen LogP contribution in [0.3, 0.4) is 0 Å². The lowest BCUT2D eigenvalue weighted by Gasteiger charge is -2.14. The first-order valence-electron chi connectivity index (χ1n) is 9.67. The number of hydrogen-bond donors (Lipinski definition) is 1. The van der Waals surface area contributed by atoms with E-state index in [9.17, 15) is 13.6 Å². The summed E-state index contributed by atoms with van der Waals surface area (Å²) in [5.41, 5.74) is 3.10.